The van der Waals surface area contributed by atoms with Gasteiger partial charge < -0.3 is 19.7 Å². The zero-order valence-electron chi connectivity index (χ0n) is 14.4. The molecule has 0 aliphatic carbocycles. The van der Waals surface area contributed by atoms with Crippen molar-refractivity contribution in [2.75, 3.05) is 26.1 Å². The maximum absolute atomic E-state index is 12.8. The number of halogens is 1. The first-order valence-corrected chi connectivity index (χ1v) is 8.34. The molecule has 7 nitrogen and oxygen atoms in total. The molecule has 2 amide bonds. The van der Waals surface area contributed by atoms with E-state index < -0.39 is 6.09 Å². The number of carbonyl (C=O) groups is 2. The molecule has 0 saturated carbocycles. The molecule has 136 valence electrons. The molecule has 0 saturated heterocycles. The third-order valence-electron chi connectivity index (χ3n) is 4.23. The quantitative estimate of drug-likeness (QED) is 0.891. The summed E-state index contributed by atoms with van der Waals surface area (Å²) in [5, 5.41) is 3.31. The monoisotopic (exact) mass is 375 g/mol. The lowest BCUT2D eigenvalue weighted by atomic mass is 9.97. The van der Waals surface area contributed by atoms with Gasteiger partial charge in [0, 0.05) is 24.0 Å². The van der Waals surface area contributed by atoms with Crippen LogP contribution in [-0.2, 0) is 17.7 Å². The maximum Gasteiger partial charge on any atom is 0.409 e. The molecule has 0 unspecified atom stereocenters. The largest absolute Gasteiger partial charge is 0.495 e. The van der Waals surface area contributed by atoms with E-state index in [0.717, 1.165) is 11.1 Å². The van der Waals surface area contributed by atoms with Gasteiger partial charge in [0.1, 0.15) is 5.75 Å². The van der Waals surface area contributed by atoms with E-state index in [1.807, 2.05) is 0 Å². The Balaban J connectivity index is 1.86. The van der Waals surface area contributed by atoms with Crippen molar-refractivity contribution in [1.29, 1.82) is 0 Å². The zero-order chi connectivity index (χ0) is 18.7. The molecule has 0 atom stereocenters. The van der Waals surface area contributed by atoms with E-state index in [4.69, 9.17) is 21.1 Å². The summed E-state index contributed by atoms with van der Waals surface area (Å²) in [5.74, 6) is 0.207. The van der Waals surface area contributed by atoms with E-state index in [1.165, 1.54) is 20.4 Å². The Kier molecular flexibility index (Phi) is 5.27. The number of nitrogens with zero attached hydrogens (tertiary/aromatic N) is 2. The lowest BCUT2D eigenvalue weighted by molar-refractivity contribution is 0.102. The van der Waals surface area contributed by atoms with Crippen LogP contribution in [0.3, 0.4) is 0 Å². The highest BCUT2D eigenvalue weighted by atomic mass is 35.5. The first-order chi connectivity index (χ1) is 12.5. The fourth-order valence-corrected chi connectivity index (χ4v) is 3.11. The first kappa shape index (κ1) is 18.0. The smallest absolute Gasteiger partial charge is 0.409 e. The predicted molar refractivity (Wildman–Crippen MR) is 96.7 cm³/mol. The number of amides is 2. The number of anilines is 1. The molecule has 2 aromatic rings. The molecule has 3 rings (SSSR count). The predicted octanol–water partition coefficient (Wildman–Crippen LogP) is 3.12. The Morgan fingerprint density at radius 2 is 2.08 bits per heavy atom. The molecule has 0 bridgehead atoms. The number of rotatable bonds is 3. The Hall–Kier alpha value is -2.80. The number of aromatic nitrogens is 1. The summed E-state index contributed by atoms with van der Waals surface area (Å²) < 4.78 is 10.0. The molecule has 1 aliphatic heterocycles. The Morgan fingerprint density at radius 3 is 2.81 bits per heavy atom. The molecule has 0 spiro atoms. The van der Waals surface area contributed by atoms with E-state index in [0.29, 0.717) is 41.5 Å². The highest BCUT2D eigenvalue weighted by molar-refractivity contribution is 6.31. The summed E-state index contributed by atoms with van der Waals surface area (Å²) in [6.07, 6.45) is 3.34. The number of pyridine rings is 1. The third kappa shape index (κ3) is 3.57. The van der Waals surface area contributed by atoms with Gasteiger partial charge in [0.25, 0.3) is 5.91 Å². The Morgan fingerprint density at radius 1 is 1.27 bits per heavy atom. The number of methoxy groups -OCH3 is 2. The van der Waals surface area contributed by atoms with Gasteiger partial charge in [-0.1, -0.05) is 11.6 Å². The van der Waals surface area contributed by atoms with Crippen molar-refractivity contribution in [3.05, 3.63) is 52.3 Å². The van der Waals surface area contributed by atoms with Crippen molar-refractivity contribution in [2.24, 2.45) is 0 Å². The highest BCUT2D eigenvalue weighted by Gasteiger charge is 2.25. The summed E-state index contributed by atoms with van der Waals surface area (Å²) in [5.41, 5.74) is 2.65. The molecule has 1 aromatic heterocycles. The van der Waals surface area contributed by atoms with Gasteiger partial charge in [-0.2, -0.15) is 0 Å². The van der Waals surface area contributed by atoms with E-state index in [1.54, 1.807) is 29.3 Å². The average molecular weight is 376 g/mol. The molecular weight excluding hydrogens is 358 g/mol. The van der Waals surface area contributed by atoms with E-state index in [-0.39, 0.29) is 5.91 Å². The van der Waals surface area contributed by atoms with Crippen LogP contribution in [0, 0.1) is 0 Å². The number of fused-ring (bicyclic) bond motifs is 1. The number of benzene rings is 1. The van der Waals surface area contributed by atoms with Crippen molar-refractivity contribution >= 4 is 29.3 Å². The number of hydrogen-bond acceptors (Lipinski definition) is 5. The molecule has 8 heteroatoms. The van der Waals surface area contributed by atoms with Crippen LogP contribution in [0.1, 0.15) is 21.5 Å². The third-order valence-corrected chi connectivity index (χ3v) is 4.46. The SMILES string of the molecule is COC(=O)N1CCc2c(cncc2C(=O)Nc2cc(Cl)ccc2OC)C1. The molecule has 0 fully saturated rings. The van der Waals surface area contributed by atoms with Crippen molar-refractivity contribution in [3.63, 3.8) is 0 Å². The summed E-state index contributed by atoms with van der Waals surface area (Å²) in [7, 11) is 2.87. The van der Waals surface area contributed by atoms with Crippen LogP contribution in [0.2, 0.25) is 5.02 Å². The van der Waals surface area contributed by atoms with Gasteiger partial charge >= 0.3 is 6.09 Å². The van der Waals surface area contributed by atoms with Crippen LogP contribution in [0.5, 0.6) is 5.75 Å². The van der Waals surface area contributed by atoms with Crippen LogP contribution in [0.25, 0.3) is 0 Å². The number of nitrogens with one attached hydrogen (secondary N) is 1. The minimum atomic E-state index is -0.394. The lowest BCUT2D eigenvalue weighted by Crippen LogP contribution is -2.36. The molecule has 1 N–H and O–H groups in total. The molecular formula is C18H18ClN3O4. The molecule has 1 aromatic carbocycles. The minimum absolute atomic E-state index is 0.304. The number of ether oxygens (including phenoxy) is 2. The fraction of sp³-hybridized carbons (Fsp3) is 0.278. The minimum Gasteiger partial charge on any atom is -0.495 e. The van der Waals surface area contributed by atoms with Crippen LogP contribution >= 0.6 is 11.6 Å². The summed E-state index contributed by atoms with van der Waals surface area (Å²) >= 11 is 6.01. The van der Waals surface area contributed by atoms with Gasteiger partial charge in [-0.3, -0.25) is 9.78 Å². The fourth-order valence-electron chi connectivity index (χ4n) is 2.94. The highest BCUT2D eigenvalue weighted by Crippen LogP contribution is 2.29. The normalized spacial score (nSPS) is 13.0. The summed E-state index contributed by atoms with van der Waals surface area (Å²) in [4.78, 5) is 30.2. The van der Waals surface area contributed by atoms with Gasteiger partial charge in [-0.25, -0.2) is 4.79 Å². The van der Waals surface area contributed by atoms with Gasteiger partial charge in [-0.15, -0.1) is 0 Å². The van der Waals surface area contributed by atoms with Gasteiger partial charge in [0.15, 0.2) is 0 Å². The number of hydrogen-bond donors (Lipinski definition) is 1. The lowest BCUT2D eigenvalue weighted by Gasteiger charge is -2.28. The molecule has 26 heavy (non-hydrogen) atoms. The van der Waals surface area contributed by atoms with Crippen LogP contribution < -0.4 is 10.1 Å². The van der Waals surface area contributed by atoms with Crippen LogP contribution in [0.4, 0.5) is 10.5 Å². The molecule has 1 aliphatic rings. The van der Waals surface area contributed by atoms with E-state index in [2.05, 4.69) is 10.3 Å². The van der Waals surface area contributed by atoms with Gasteiger partial charge in [-0.05, 0) is 35.7 Å². The Labute approximate surface area is 155 Å². The average Bonchev–Trinajstić information content (AvgIpc) is 2.66. The van der Waals surface area contributed by atoms with Gasteiger partial charge in [0.05, 0.1) is 32.0 Å². The Bertz CT molecular complexity index is 856. The van der Waals surface area contributed by atoms with Crippen molar-refractivity contribution in [3.8, 4) is 5.75 Å². The topological polar surface area (TPSA) is 80.8 Å². The molecule has 0 radical (unpaired) electrons. The summed E-state index contributed by atoms with van der Waals surface area (Å²) in [6.45, 7) is 0.834. The number of carbonyl (C=O) groups excluding carboxylic acids is 2. The van der Waals surface area contributed by atoms with Crippen LogP contribution in [-0.4, -0.2) is 42.6 Å². The molecule has 2 heterocycles. The standard InChI is InChI=1S/C18H18ClN3O4/c1-25-16-4-3-12(19)7-15(16)21-17(23)14-9-20-8-11-10-22(18(24)26-2)6-5-13(11)14/h3-4,7-9H,5-6,10H2,1-2H3,(H,21,23). The second kappa shape index (κ2) is 7.61. The second-order valence-electron chi connectivity index (χ2n) is 5.77. The van der Waals surface area contributed by atoms with Crippen molar-refractivity contribution < 1.29 is 19.1 Å². The van der Waals surface area contributed by atoms with Crippen LogP contribution in [0.15, 0.2) is 30.6 Å². The summed E-state index contributed by atoms with van der Waals surface area (Å²) in [6, 6.07) is 4.99. The maximum atomic E-state index is 12.8. The van der Waals surface area contributed by atoms with Crippen molar-refractivity contribution in [2.45, 2.75) is 13.0 Å². The van der Waals surface area contributed by atoms with E-state index >= 15 is 0 Å². The van der Waals surface area contributed by atoms with E-state index in [9.17, 15) is 9.59 Å². The van der Waals surface area contributed by atoms with Crippen molar-refractivity contribution in [1.82, 2.24) is 9.88 Å². The zero-order valence-corrected chi connectivity index (χ0v) is 15.2. The van der Waals surface area contributed by atoms with Gasteiger partial charge in [0.2, 0.25) is 0 Å². The first-order valence-electron chi connectivity index (χ1n) is 7.97. The second-order valence-corrected chi connectivity index (χ2v) is 6.20.